The van der Waals surface area contributed by atoms with Gasteiger partial charge < -0.3 is 25.2 Å². The number of halogens is 1. The molecule has 10 heteroatoms. The molecule has 4 aromatic carbocycles. The summed E-state index contributed by atoms with van der Waals surface area (Å²) in [5.41, 5.74) is 9.02. The van der Waals surface area contributed by atoms with Crippen molar-refractivity contribution in [2.24, 2.45) is 11.8 Å². The van der Waals surface area contributed by atoms with Crippen molar-refractivity contribution in [2.75, 3.05) is 13.2 Å². The fourth-order valence-electron chi connectivity index (χ4n) is 6.88. The number of hydrogen-bond acceptors (Lipinski definition) is 6. The zero-order valence-corrected chi connectivity index (χ0v) is 29.8. The Hall–Kier alpha value is -5.51. The Labute approximate surface area is 303 Å². The van der Waals surface area contributed by atoms with Crippen LogP contribution in [0.5, 0.6) is 0 Å². The number of fused-ring (bicyclic) bond motifs is 6. The van der Waals surface area contributed by atoms with Crippen LogP contribution in [0.2, 0.25) is 0 Å². The normalized spacial score (nSPS) is 14.9. The molecule has 0 radical (unpaired) electrons. The van der Waals surface area contributed by atoms with E-state index < -0.39 is 36.3 Å². The second-order valence-corrected chi connectivity index (χ2v) is 13.3. The summed E-state index contributed by atoms with van der Waals surface area (Å²) in [6.45, 7) is 7.54. The molecule has 4 aromatic rings. The number of ether oxygens (including phenoxy) is 2. The zero-order valence-electron chi connectivity index (χ0n) is 29.8. The van der Waals surface area contributed by atoms with Gasteiger partial charge in [-0.2, -0.15) is 4.39 Å². The van der Waals surface area contributed by atoms with E-state index in [-0.39, 0.29) is 36.9 Å². The molecule has 0 saturated heterocycles. The van der Waals surface area contributed by atoms with E-state index in [2.05, 4.69) is 34.9 Å². The van der Waals surface area contributed by atoms with Crippen molar-refractivity contribution in [1.29, 1.82) is 0 Å². The Kier molecular flexibility index (Phi) is 12.4. The number of carbonyl (C=O) groups is 4. The van der Waals surface area contributed by atoms with Gasteiger partial charge in [-0.25, -0.2) is 14.4 Å². The van der Waals surface area contributed by atoms with Gasteiger partial charge in [-0.05, 0) is 56.3 Å². The fourth-order valence-corrected chi connectivity index (χ4v) is 6.88. The predicted molar refractivity (Wildman–Crippen MR) is 197 cm³/mol. The van der Waals surface area contributed by atoms with Crippen LogP contribution in [0.1, 0.15) is 74.6 Å². The molecule has 2 aliphatic rings. The lowest BCUT2D eigenvalue weighted by Gasteiger charge is -2.21. The lowest BCUT2D eigenvalue weighted by molar-refractivity contribution is -0.140. The molecule has 52 heavy (non-hydrogen) atoms. The first-order valence-corrected chi connectivity index (χ1v) is 17.7. The van der Waals surface area contributed by atoms with Gasteiger partial charge >= 0.3 is 24.2 Å². The maximum atomic E-state index is 13.2. The molecule has 0 bridgehead atoms. The first-order valence-electron chi connectivity index (χ1n) is 17.7. The maximum Gasteiger partial charge on any atom is 0.407 e. The third-order valence-electron chi connectivity index (χ3n) is 10.2. The Balaban J connectivity index is 0.000000201. The summed E-state index contributed by atoms with van der Waals surface area (Å²) in [5.74, 6) is -1.63. The number of amides is 2. The quantitative estimate of drug-likeness (QED) is 0.126. The Morgan fingerprint density at radius 1 is 0.596 bits per heavy atom. The van der Waals surface area contributed by atoms with Crippen LogP contribution in [0.25, 0.3) is 22.3 Å². The Bertz CT molecular complexity index is 1680. The average Bonchev–Trinajstić information content (AvgIpc) is 3.66. The fraction of sp³-hybridized carbons (Fsp3) is 0.333. The summed E-state index contributed by atoms with van der Waals surface area (Å²) in [6, 6.07) is 28.5. The van der Waals surface area contributed by atoms with Crippen LogP contribution in [0.4, 0.5) is 14.0 Å². The van der Waals surface area contributed by atoms with Gasteiger partial charge in [-0.3, -0.25) is 4.79 Å². The third-order valence-corrected chi connectivity index (χ3v) is 10.2. The highest BCUT2D eigenvalue weighted by molar-refractivity contribution is 5.83. The number of carbonyl (C=O) groups excluding carboxylic acids is 3. The molecule has 2 aliphatic carbocycles. The van der Waals surface area contributed by atoms with Gasteiger partial charge in [0, 0.05) is 11.8 Å². The first-order chi connectivity index (χ1) is 25.0. The highest BCUT2D eigenvalue weighted by Crippen LogP contribution is 2.45. The molecule has 9 nitrogen and oxygen atoms in total. The summed E-state index contributed by atoms with van der Waals surface area (Å²) < 4.78 is 23.9. The minimum atomic E-state index is -1.55. The number of aliphatic carboxylic acids is 1. The van der Waals surface area contributed by atoms with E-state index in [9.17, 15) is 28.7 Å². The van der Waals surface area contributed by atoms with Gasteiger partial charge in [0.15, 0.2) is 0 Å². The SMILES string of the molecule is CCC(C)[C@H](NC(=O)OCC1c2ccccc2-c2ccccc21)C(=O)F.CCC(C)[C@H](NC(=O)OCC1c2ccccc2-c2ccccc21)C(=O)O. The van der Waals surface area contributed by atoms with Crippen molar-refractivity contribution in [3.8, 4) is 22.3 Å². The number of hydrogen-bond donors (Lipinski definition) is 3. The van der Waals surface area contributed by atoms with Crippen LogP contribution in [-0.4, -0.2) is 54.6 Å². The second kappa shape index (κ2) is 17.1. The van der Waals surface area contributed by atoms with Crippen LogP contribution in [0.15, 0.2) is 97.1 Å². The van der Waals surface area contributed by atoms with Crippen LogP contribution >= 0.6 is 0 Å². The zero-order chi connectivity index (χ0) is 37.4. The van der Waals surface area contributed by atoms with Crippen molar-refractivity contribution in [2.45, 2.75) is 64.5 Å². The molecular formula is C42H45FN2O7. The highest BCUT2D eigenvalue weighted by atomic mass is 19.1. The summed E-state index contributed by atoms with van der Waals surface area (Å²) in [4.78, 5) is 46.8. The number of benzene rings is 4. The van der Waals surface area contributed by atoms with E-state index >= 15 is 0 Å². The van der Waals surface area contributed by atoms with Gasteiger partial charge in [0.1, 0.15) is 25.3 Å². The molecule has 4 atom stereocenters. The van der Waals surface area contributed by atoms with Crippen molar-refractivity contribution in [3.05, 3.63) is 119 Å². The van der Waals surface area contributed by atoms with Gasteiger partial charge in [0.25, 0.3) is 0 Å². The van der Waals surface area contributed by atoms with Crippen LogP contribution < -0.4 is 10.6 Å². The van der Waals surface area contributed by atoms with E-state index in [4.69, 9.17) is 9.47 Å². The summed E-state index contributed by atoms with van der Waals surface area (Å²) in [7, 11) is 0. The van der Waals surface area contributed by atoms with E-state index in [1.807, 2.05) is 86.6 Å². The number of carboxylic acid groups (broad SMARTS) is 1. The Morgan fingerprint density at radius 2 is 0.904 bits per heavy atom. The van der Waals surface area contributed by atoms with E-state index in [1.54, 1.807) is 13.8 Å². The molecule has 2 amide bonds. The summed E-state index contributed by atoms with van der Waals surface area (Å²) >= 11 is 0. The molecule has 3 N–H and O–H groups in total. The van der Waals surface area contributed by atoms with Gasteiger partial charge in [0.05, 0.1) is 0 Å². The molecule has 6 rings (SSSR count). The molecule has 0 aromatic heterocycles. The second-order valence-electron chi connectivity index (χ2n) is 13.3. The van der Waals surface area contributed by atoms with Gasteiger partial charge in [-0.15, -0.1) is 0 Å². The lowest BCUT2D eigenvalue weighted by Crippen LogP contribution is -2.45. The summed E-state index contributed by atoms with van der Waals surface area (Å²) in [5, 5.41) is 14.1. The number of rotatable bonds is 12. The van der Waals surface area contributed by atoms with E-state index in [0.717, 1.165) is 44.5 Å². The minimum Gasteiger partial charge on any atom is -0.480 e. The van der Waals surface area contributed by atoms with Crippen molar-refractivity contribution >= 4 is 24.2 Å². The standard InChI is InChI=1S/C21H22FNO3.C21H23NO4/c1-3-13(2)19(20(22)24)23-21(25)26-12-18-16-10-6-4-8-14(16)15-9-5-7-11-17(15)18;1-3-13(2)19(20(23)24)22-21(25)26-12-18-16-10-6-4-8-14(16)15-9-5-7-11-17(15)18/h4-11,13,18-19H,3,12H2,1-2H3,(H,23,25);4-11,13,18-19H,3,12H2,1-2H3,(H,22,25)(H,23,24)/t2*13?,19-/m00/s1. The predicted octanol–water partition coefficient (Wildman–Crippen LogP) is 8.46. The monoisotopic (exact) mass is 708 g/mol. The van der Waals surface area contributed by atoms with Crippen LogP contribution in [0, 0.1) is 11.8 Å². The minimum absolute atomic E-state index is 0.0416. The Morgan fingerprint density at radius 3 is 1.21 bits per heavy atom. The van der Waals surface area contributed by atoms with Crippen LogP contribution in [0.3, 0.4) is 0 Å². The maximum absolute atomic E-state index is 13.2. The first kappa shape index (κ1) is 37.7. The molecule has 0 spiro atoms. The lowest BCUT2D eigenvalue weighted by atomic mass is 9.98. The van der Waals surface area contributed by atoms with Crippen molar-refractivity contribution < 1.29 is 38.1 Å². The number of nitrogens with one attached hydrogen (secondary N) is 2. The number of alkyl carbamates (subject to hydrolysis) is 2. The van der Waals surface area contributed by atoms with E-state index in [1.165, 1.54) is 0 Å². The number of carboxylic acids is 1. The smallest absolute Gasteiger partial charge is 0.407 e. The van der Waals surface area contributed by atoms with Crippen molar-refractivity contribution in [3.63, 3.8) is 0 Å². The topological polar surface area (TPSA) is 131 Å². The van der Waals surface area contributed by atoms with Gasteiger partial charge in [0.2, 0.25) is 0 Å². The largest absolute Gasteiger partial charge is 0.480 e. The average molecular weight is 709 g/mol. The summed E-state index contributed by atoms with van der Waals surface area (Å²) in [6.07, 6.45) is -0.243. The highest BCUT2D eigenvalue weighted by Gasteiger charge is 2.32. The molecule has 0 saturated carbocycles. The molecule has 0 aliphatic heterocycles. The molecule has 0 heterocycles. The third kappa shape index (κ3) is 8.33. The molecular weight excluding hydrogens is 663 g/mol. The van der Waals surface area contributed by atoms with Crippen LogP contribution in [-0.2, 0) is 19.1 Å². The molecule has 0 fully saturated rings. The molecule has 2 unspecified atom stereocenters. The molecule has 272 valence electrons. The van der Waals surface area contributed by atoms with E-state index in [0.29, 0.717) is 12.8 Å². The van der Waals surface area contributed by atoms with Crippen molar-refractivity contribution in [1.82, 2.24) is 10.6 Å². The van der Waals surface area contributed by atoms with Gasteiger partial charge in [-0.1, -0.05) is 138 Å².